The third kappa shape index (κ3) is 6.75. The van der Waals surface area contributed by atoms with Gasteiger partial charge in [-0.2, -0.15) is 13.2 Å². The summed E-state index contributed by atoms with van der Waals surface area (Å²) < 4.78 is 72.5. The minimum Gasteiger partial charge on any atom is -0.356 e. The number of likely N-dealkylation sites (tertiary alicyclic amines) is 1. The van der Waals surface area contributed by atoms with Crippen LogP contribution in [-0.2, 0) is 14.8 Å². The van der Waals surface area contributed by atoms with Crippen molar-refractivity contribution in [3.8, 4) is 0 Å². The zero-order valence-electron chi connectivity index (χ0n) is 19.3. The van der Waals surface area contributed by atoms with Crippen LogP contribution in [0, 0.1) is 6.92 Å². The van der Waals surface area contributed by atoms with Gasteiger partial charge in [-0.1, -0.05) is 11.6 Å². The van der Waals surface area contributed by atoms with Gasteiger partial charge in [-0.3, -0.25) is 9.21 Å². The molecule has 0 radical (unpaired) electrons. The summed E-state index contributed by atoms with van der Waals surface area (Å²) in [6.45, 7) is 6.46. The molecule has 1 saturated heterocycles. The highest BCUT2D eigenvalue weighted by Gasteiger charge is 2.45. The van der Waals surface area contributed by atoms with Crippen molar-refractivity contribution in [3.63, 3.8) is 0 Å². The van der Waals surface area contributed by atoms with E-state index in [0.29, 0.717) is 59.2 Å². The van der Waals surface area contributed by atoms with E-state index in [1.165, 1.54) is 6.07 Å². The van der Waals surface area contributed by atoms with Gasteiger partial charge in [0.2, 0.25) is 16.4 Å². The van der Waals surface area contributed by atoms with E-state index in [4.69, 9.17) is 16.3 Å². The molecule has 0 amide bonds. The first-order valence-electron chi connectivity index (χ1n) is 11.1. The lowest BCUT2D eigenvalue weighted by molar-refractivity contribution is -0.242. The Morgan fingerprint density at radius 2 is 1.76 bits per heavy atom. The zero-order valence-corrected chi connectivity index (χ0v) is 20.9. The first-order chi connectivity index (χ1) is 15.1. The summed E-state index contributed by atoms with van der Waals surface area (Å²) in [4.78, 5) is 1.76. The fraction of sp³-hybridized carbons (Fsp3) is 0.727. The van der Waals surface area contributed by atoms with Crippen molar-refractivity contribution < 1.29 is 31.4 Å². The highest BCUT2D eigenvalue weighted by atomic mass is 35.5. The van der Waals surface area contributed by atoms with Gasteiger partial charge in [0, 0.05) is 18.1 Å². The number of rotatable bonds is 7. The highest BCUT2D eigenvalue weighted by Crippen LogP contribution is 2.42. The number of aryl methyl sites for hydroxylation is 1. The van der Waals surface area contributed by atoms with Crippen LogP contribution in [0.15, 0.2) is 12.1 Å². The Bertz CT molecular complexity index is 954. The number of sulfonamides is 1. The molecule has 6 nitrogen and oxygen atoms in total. The number of piperidine rings is 1. The van der Waals surface area contributed by atoms with Gasteiger partial charge in [0.05, 0.1) is 16.5 Å². The van der Waals surface area contributed by atoms with Gasteiger partial charge in [0.15, 0.2) is 0 Å². The number of aliphatic hydroxyl groups is 1. The number of hydrogen-bond acceptors (Lipinski definition) is 5. The minimum absolute atomic E-state index is 0.0473. The summed E-state index contributed by atoms with van der Waals surface area (Å²) in [5, 5.41) is 9.96. The zero-order chi connectivity index (χ0) is 24.8. The molecule has 2 aliphatic rings. The maximum absolute atomic E-state index is 13.5. The summed E-state index contributed by atoms with van der Waals surface area (Å²) >= 11 is 6.32. The van der Waals surface area contributed by atoms with Gasteiger partial charge in [0.1, 0.15) is 6.54 Å². The predicted molar refractivity (Wildman–Crippen MR) is 122 cm³/mol. The van der Waals surface area contributed by atoms with E-state index in [1.807, 2.05) is 20.8 Å². The number of aliphatic hydroxyl groups excluding tert-OH is 1. The molecule has 1 N–H and O–H groups in total. The fourth-order valence-electron chi connectivity index (χ4n) is 4.07. The van der Waals surface area contributed by atoms with E-state index in [-0.39, 0.29) is 11.6 Å². The van der Waals surface area contributed by atoms with Crippen molar-refractivity contribution in [1.82, 2.24) is 4.90 Å². The molecule has 188 valence electrons. The van der Waals surface area contributed by atoms with Gasteiger partial charge in [-0.05, 0) is 82.6 Å². The third-order valence-electron chi connectivity index (χ3n) is 5.89. The summed E-state index contributed by atoms with van der Waals surface area (Å²) in [6.07, 6.45) is -4.03. The van der Waals surface area contributed by atoms with Crippen LogP contribution in [-0.4, -0.2) is 61.5 Å². The van der Waals surface area contributed by atoms with E-state index in [0.717, 1.165) is 0 Å². The Labute approximate surface area is 198 Å². The second-order valence-electron chi connectivity index (χ2n) is 9.89. The molecule has 33 heavy (non-hydrogen) atoms. The minimum atomic E-state index is -4.69. The van der Waals surface area contributed by atoms with E-state index in [2.05, 4.69) is 0 Å². The molecule has 1 heterocycles. The lowest BCUT2D eigenvalue weighted by atomic mass is 9.87. The van der Waals surface area contributed by atoms with Crippen LogP contribution in [0.1, 0.15) is 63.5 Å². The number of nitrogens with zero attached hydrogens (tertiary/aromatic N) is 2. The quantitative estimate of drug-likeness (QED) is 0.532. The van der Waals surface area contributed by atoms with E-state index < -0.39 is 40.0 Å². The number of hydrogen-bond donors (Lipinski definition) is 1. The maximum Gasteiger partial charge on any atom is 0.407 e. The molecule has 2 fully saturated rings. The van der Waals surface area contributed by atoms with Crippen molar-refractivity contribution in [2.75, 3.05) is 23.9 Å². The van der Waals surface area contributed by atoms with Gasteiger partial charge >= 0.3 is 6.18 Å². The lowest BCUT2D eigenvalue weighted by Gasteiger charge is -2.38. The van der Waals surface area contributed by atoms with Crippen molar-refractivity contribution >= 4 is 27.3 Å². The van der Waals surface area contributed by atoms with Crippen LogP contribution in [0.25, 0.3) is 0 Å². The molecule has 1 saturated carbocycles. The standard InChI is InChI=1S/C22H32ClF3N2O4S/c1-14-11-19(28(13-22(24,25)26)33(30,31)16-5-6-16)17(12-18(14)23)15-7-9-27(10-8-15)20(29)32-21(2,3)4/h11-12,15-16,20,29H,5-10,13H2,1-4H3. The number of benzene rings is 1. The monoisotopic (exact) mass is 512 g/mol. The molecule has 11 heteroatoms. The van der Waals surface area contributed by atoms with Gasteiger partial charge in [0.25, 0.3) is 0 Å². The van der Waals surface area contributed by atoms with Gasteiger partial charge in [-0.25, -0.2) is 8.42 Å². The topological polar surface area (TPSA) is 70.1 Å². The molecule has 1 aliphatic carbocycles. The van der Waals surface area contributed by atoms with Crippen LogP contribution in [0.5, 0.6) is 0 Å². The number of ether oxygens (including phenoxy) is 1. The first kappa shape index (κ1) is 26.5. The van der Waals surface area contributed by atoms with E-state index in [9.17, 15) is 26.7 Å². The van der Waals surface area contributed by atoms with Gasteiger partial charge < -0.3 is 9.84 Å². The highest BCUT2D eigenvalue weighted by molar-refractivity contribution is 7.93. The molecule has 1 aromatic rings. The Hall–Kier alpha value is -1.07. The number of anilines is 1. The van der Waals surface area contributed by atoms with Crippen molar-refractivity contribution in [2.45, 2.75) is 82.7 Å². The summed E-state index contributed by atoms with van der Waals surface area (Å²) in [6, 6.07) is 3.05. The van der Waals surface area contributed by atoms with Crippen LogP contribution >= 0.6 is 11.6 Å². The van der Waals surface area contributed by atoms with E-state index in [1.54, 1.807) is 17.9 Å². The molecule has 3 rings (SSSR count). The number of alkyl halides is 3. The second-order valence-corrected chi connectivity index (χ2v) is 12.4. The number of halogens is 4. The van der Waals surface area contributed by atoms with Crippen molar-refractivity contribution in [2.24, 2.45) is 0 Å². The smallest absolute Gasteiger partial charge is 0.356 e. The van der Waals surface area contributed by atoms with Crippen molar-refractivity contribution in [3.05, 3.63) is 28.3 Å². The SMILES string of the molecule is Cc1cc(N(CC(F)(F)F)S(=O)(=O)C2CC2)c(C2CCN(C(O)OC(C)(C)C)CC2)cc1Cl. The second kappa shape index (κ2) is 9.53. The Kier molecular flexibility index (Phi) is 7.66. The summed E-state index contributed by atoms with van der Waals surface area (Å²) in [5.74, 6) is -0.207. The average molecular weight is 513 g/mol. The average Bonchev–Trinajstić information content (AvgIpc) is 3.52. The molecule has 0 spiro atoms. The molecule has 1 aromatic carbocycles. The fourth-order valence-corrected chi connectivity index (χ4v) is 6.09. The molecular weight excluding hydrogens is 481 g/mol. The molecule has 1 aliphatic heterocycles. The Balaban J connectivity index is 1.91. The molecule has 1 unspecified atom stereocenters. The third-order valence-corrected chi connectivity index (χ3v) is 8.55. The normalized spacial score (nSPS) is 20.2. The summed E-state index contributed by atoms with van der Waals surface area (Å²) in [7, 11) is -4.15. The predicted octanol–water partition coefficient (Wildman–Crippen LogP) is 4.78. The van der Waals surface area contributed by atoms with Gasteiger partial charge in [-0.15, -0.1) is 0 Å². The Morgan fingerprint density at radius 3 is 2.24 bits per heavy atom. The van der Waals surface area contributed by atoms with Crippen LogP contribution < -0.4 is 4.31 Å². The first-order valence-corrected chi connectivity index (χ1v) is 12.9. The van der Waals surface area contributed by atoms with Crippen LogP contribution in [0.3, 0.4) is 0 Å². The van der Waals surface area contributed by atoms with Crippen LogP contribution in [0.2, 0.25) is 5.02 Å². The Morgan fingerprint density at radius 1 is 1.18 bits per heavy atom. The molecule has 0 bridgehead atoms. The van der Waals surface area contributed by atoms with Crippen molar-refractivity contribution in [1.29, 1.82) is 0 Å². The molecule has 0 aromatic heterocycles. The molecular formula is C22H32ClF3N2O4S. The maximum atomic E-state index is 13.5. The lowest BCUT2D eigenvalue weighted by Crippen LogP contribution is -2.45. The largest absolute Gasteiger partial charge is 0.407 e. The summed E-state index contributed by atoms with van der Waals surface area (Å²) in [5.41, 5.74) is 0.513. The van der Waals surface area contributed by atoms with Crippen LogP contribution in [0.4, 0.5) is 18.9 Å². The van der Waals surface area contributed by atoms with E-state index >= 15 is 0 Å². The molecule has 1 atom stereocenters.